The van der Waals surface area contributed by atoms with E-state index in [1.807, 2.05) is 46.7 Å². The Labute approximate surface area is 281 Å². The van der Waals surface area contributed by atoms with E-state index in [0.717, 1.165) is 12.8 Å². The Hall–Kier alpha value is -1.67. The molecule has 5 unspecified atom stereocenters. The highest BCUT2D eigenvalue weighted by Gasteiger charge is 2.55. The van der Waals surface area contributed by atoms with E-state index in [-0.39, 0.29) is 48.2 Å². The topological polar surface area (TPSA) is 145 Å². The molecule has 12 nitrogen and oxygen atoms in total. The molecule has 47 heavy (non-hydrogen) atoms. The van der Waals surface area contributed by atoms with Gasteiger partial charge in [0.2, 0.25) is 0 Å². The van der Waals surface area contributed by atoms with Gasteiger partial charge in [-0.15, -0.1) is 0 Å². The lowest BCUT2D eigenvalue weighted by Gasteiger charge is -2.47. The minimum atomic E-state index is -1.12. The van der Waals surface area contributed by atoms with E-state index in [0.29, 0.717) is 38.4 Å². The van der Waals surface area contributed by atoms with Crippen molar-refractivity contribution in [1.82, 2.24) is 15.5 Å². The SMILES string of the molecule is CC[C@H]1OC(=O)C(C)C(=O)[C@H](C)[C@@H](OC2OC(CNC3CC3)CC(N(C)C)C2O)[C@](C)(OC)C[C@@H](C)CN[C@H](C)[C@H]2CC(=O)O[C@@]21C. The zero-order valence-electron chi connectivity index (χ0n) is 30.2. The van der Waals surface area contributed by atoms with Crippen LogP contribution in [0.3, 0.4) is 0 Å². The van der Waals surface area contributed by atoms with Crippen LogP contribution >= 0.6 is 0 Å². The molecule has 12 heteroatoms. The summed E-state index contributed by atoms with van der Waals surface area (Å²) in [6, 6.07) is 0.156. The first-order valence-corrected chi connectivity index (χ1v) is 17.7. The Morgan fingerprint density at radius 2 is 1.79 bits per heavy atom. The van der Waals surface area contributed by atoms with Crippen molar-refractivity contribution in [3.63, 3.8) is 0 Å². The van der Waals surface area contributed by atoms with E-state index in [4.69, 9.17) is 23.7 Å². The lowest BCUT2D eigenvalue weighted by Crippen LogP contribution is -2.60. The van der Waals surface area contributed by atoms with Gasteiger partial charge in [-0.1, -0.05) is 20.8 Å². The first kappa shape index (κ1) is 38.1. The van der Waals surface area contributed by atoms with Gasteiger partial charge in [0.05, 0.1) is 24.2 Å². The van der Waals surface area contributed by atoms with E-state index in [1.165, 1.54) is 0 Å². The smallest absolute Gasteiger partial charge is 0.316 e. The van der Waals surface area contributed by atoms with Crippen LogP contribution in [0.25, 0.3) is 0 Å². The van der Waals surface area contributed by atoms with Gasteiger partial charge < -0.3 is 44.3 Å². The Balaban J connectivity index is 1.67. The van der Waals surface area contributed by atoms with Crippen molar-refractivity contribution in [2.24, 2.45) is 23.7 Å². The lowest BCUT2D eigenvalue weighted by atomic mass is 9.78. The molecule has 0 aromatic rings. The summed E-state index contributed by atoms with van der Waals surface area (Å²) < 4.78 is 31.2. The Morgan fingerprint density at radius 3 is 2.38 bits per heavy atom. The maximum Gasteiger partial charge on any atom is 0.316 e. The molecular weight excluding hydrogens is 606 g/mol. The first-order chi connectivity index (χ1) is 22.0. The predicted octanol–water partition coefficient (Wildman–Crippen LogP) is 2.44. The van der Waals surface area contributed by atoms with Crippen LogP contribution in [-0.2, 0) is 38.1 Å². The van der Waals surface area contributed by atoms with Crippen LogP contribution in [0.5, 0.6) is 0 Å². The third-order valence-electron chi connectivity index (χ3n) is 11.3. The van der Waals surface area contributed by atoms with Gasteiger partial charge in [-0.25, -0.2) is 0 Å². The monoisotopic (exact) mass is 667 g/mol. The number of carbonyl (C=O) groups is 3. The first-order valence-electron chi connectivity index (χ1n) is 17.7. The maximum absolute atomic E-state index is 14.2. The van der Waals surface area contributed by atoms with Gasteiger partial charge in [-0.2, -0.15) is 0 Å². The number of fused-ring (bicyclic) bond motifs is 1. The number of likely N-dealkylation sites (N-methyl/N-ethyl adjacent to an activating group) is 1. The summed E-state index contributed by atoms with van der Waals surface area (Å²) >= 11 is 0. The van der Waals surface area contributed by atoms with Crippen molar-refractivity contribution in [3.05, 3.63) is 0 Å². The molecule has 270 valence electrons. The number of nitrogens with one attached hydrogen (secondary N) is 2. The second-order valence-electron chi connectivity index (χ2n) is 15.4. The number of nitrogens with zero attached hydrogens (tertiary/aromatic N) is 1. The fourth-order valence-corrected chi connectivity index (χ4v) is 8.04. The zero-order chi connectivity index (χ0) is 34.8. The molecule has 0 spiro atoms. The van der Waals surface area contributed by atoms with Gasteiger partial charge in [0.25, 0.3) is 0 Å². The minimum absolute atomic E-state index is 0.0599. The molecule has 4 aliphatic rings. The number of esters is 2. The molecule has 3 N–H and O–H groups in total. The number of aliphatic hydroxyl groups is 1. The zero-order valence-corrected chi connectivity index (χ0v) is 30.2. The number of aliphatic hydroxyl groups excluding tert-OH is 1. The molecule has 4 rings (SSSR count). The van der Waals surface area contributed by atoms with Crippen molar-refractivity contribution >= 4 is 17.7 Å². The second-order valence-corrected chi connectivity index (χ2v) is 15.4. The number of hydrogen-bond donors (Lipinski definition) is 3. The average Bonchev–Trinajstić information content (AvgIpc) is 3.80. The van der Waals surface area contributed by atoms with E-state index >= 15 is 0 Å². The van der Waals surface area contributed by atoms with Gasteiger partial charge in [0, 0.05) is 43.6 Å². The van der Waals surface area contributed by atoms with Crippen molar-refractivity contribution in [3.8, 4) is 0 Å². The number of ether oxygens (including phenoxy) is 5. The molecule has 1 saturated carbocycles. The molecule has 3 aliphatic heterocycles. The fourth-order valence-electron chi connectivity index (χ4n) is 8.04. The van der Waals surface area contributed by atoms with Crippen LogP contribution in [-0.4, -0.2) is 122 Å². The normalized spacial score (nSPS) is 44.3. The molecule has 0 radical (unpaired) electrons. The number of ketones is 1. The molecule has 0 bridgehead atoms. The lowest BCUT2D eigenvalue weighted by molar-refractivity contribution is -0.297. The number of methoxy groups -OCH3 is 1. The highest BCUT2D eigenvalue weighted by molar-refractivity contribution is 6.00. The number of cyclic esters (lactones) is 1. The molecular formula is C35H61N3O9. The summed E-state index contributed by atoms with van der Waals surface area (Å²) in [6.07, 6.45) is 0.279. The van der Waals surface area contributed by atoms with Crippen LogP contribution in [0.15, 0.2) is 0 Å². The predicted molar refractivity (Wildman–Crippen MR) is 175 cm³/mol. The number of Topliss-reactive ketones (excluding diaryl/α,β-unsaturated/α-hetero) is 1. The molecule has 0 aromatic carbocycles. The minimum Gasteiger partial charge on any atom is -0.458 e. The van der Waals surface area contributed by atoms with Gasteiger partial charge in [-0.3, -0.25) is 14.4 Å². The standard InChI is InChI=1S/C35H61N3O9/c1-11-27-35(7)25(15-28(39)47-35)22(5)36-17-19(2)16-34(6,43-10)31(20(3)29(40)21(4)32(42)45-27)46-33-30(41)26(38(8)9)14-24(44-33)18-37-23-12-13-23/h19-27,30-31,33,36-37,41H,11-18H2,1-10H3/t19-,20+,21?,22-,24?,25-,26?,27-,30?,31-,33?,34-,35+/m1/s1. The molecule has 0 amide bonds. The molecule has 0 aromatic heterocycles. The molecule has 3 heterocycles. The van der Waals surface area contributed by atoms with Crippen LogP contribution < -0.4 is 10.6 Å². The summed E-state index contributed by atoms with van der Waals surface area (Å²) in [6.45, 7) is 14.3. The number of carbonyl (C=O) groups excluding carboxylic acids is 3. The molecule has 1 aliphatic carbocycles. The van der Waals surface area contributed by atoms with Gasteiger partial charge in [0.15, 0.2) is 17.7 Å². The quantitative estimate of drug-likeness (QED) is 0.258. The van der Waals surface area contributed by atoms with E-state index < -0.39 is 53.6 Å². The third-order valence-corrected chi connectivity index (χ3v) is 11.3. The summed E-state index contributed by atoms with van der Waals surface area (Å²) in [4.78, 5) is 42.4. The Kier molecular flexibility index (Phi) is 12.6. The molecule has 3 saturated heterocycles. The summed E-state index contributed by atoms with van der Waals surface area (Å²) in [5, 5.41) is 18.7. The summed E-state index contributed by atoms with van der Waals surface area (Å²) in [7, 11) is 5.46. The van der Waals surface area contributed by atoms with E-state index in [2.05, 4.69) is 17.6 Å². The summed E-state index contributed by atoms with van der Waals surface area (Å²) in [5.74, 6) is -3.48. The number of hydrogen-bond acceptors (Lipinski definition) is 12. The fraction of sp³-hybridized carbons (Fsp3) is 0.914. The van der Waals surface area contributed by atoms with Crippen molar-refractivity contribution in [2.75, 3.05) is 34.3 Å². The highest BCUT2D eigenvalue weighted by atomic mass is 16.7. The second kappa shape index (κ2) is 15.5. The van der Waals surface area contributed by atoms with Gasteiger partial charge in [-0.05, 0) is 86.4 Å². The van der Waals surface area contributed by atoms with Crippen molar-refractivity contribution in [1.29, 1.82) is 0 Å². The molecule has 4 fully saturated rings. The van der Waals surface area contributed by atoms with Crippen LogP contribution in [0.1, 0.15) is 87.0 Å². The highest BCUT2D eigenvalue weighted by Crippen LogP contribution is 2.42. The van der Waals surface area contributed by atoms with Crippen LogP contribution in [0, 0.1) is 23.7 Å². The van der Waals surface area contributed by atoms with Gasteiger partial charge >= 0.3 is 11.9 Å². The maximum atomic E-state index is 14.2. The average molecular weight is 668 g/mol. The summed E-state index contributed by atoms with van der Waals surface area (Å²) in [5.41, 5.74) is -2.03. The van der Waals surface area contributed by atoms with Crippen LogP contribution in [0.4, 0.5) is 0 Å². The number of rotatable bonds is 8. The molecule has 13 atom stereocenters. The Morgan fingerprint density at radius 1 is 1.11 bits per heavy atom. The third kappa shape index (κ3) is 8.56. The van der Waals surface area contributed by atoms with Crippen molar-refractivity contribution < 1.29 is 43.2 Å². The van der Waals surface area contributed by atoms with E-state index in [1.54, 1.807) is 21.0 Å². The van der Waals surface area contributed by atoms with Gasteiger partial charge in [0.1, 0.15) is 18.1 Å². The largest absolute Gasteiger partial charge is 0.458 e. The van der Waals surface area contributed by atoms with Crippen LogP contribution in [0.2, 0.25) is 0 Å². The Bertz CT molecular complexity index is 1100. The van der Waals surface area contributed by atoms with E-state index in [9.17, 15) is 19.5 Å². The van der Waals surface area contributed by atoms with Crippen molar-refractivity contribution in [2.45, 2.75) is 147 Å².